The highest BCUT2D eigenvalue weighted by Gasteiger charge is 2.35. The van der Waals surface area contributed by atoms with Crippen LogP contribution in [0, 0.1) is 19.8 Å². The second kappa shape index (κ2) is 13.7. The smallest absolute Gasteiger partial charge is 0.416 e. The lowest BCUT2D eigenvalue weighted by Crippen LogP contribution is -2.48. The molecule has 12 nitrogen and oxygen atoms in total. The van der Waals surface area contributed by atoms with Gasteiger partial charge < -0.3 is 29.9 Å². The number of sulfonamides is 1. The van der Waals surface area contributed by atoms with Crippen LogP contribution in [-0.2, 0) is 27.4 Å². The number of halogens is 3. The molecule has 2 aromatic carbocycles. The number of aromatic nitrogens is 1. The molecule has 0 bridgehead atoms. The Hall–Kier alpha value is -4.15. The van der Waals surface area contributed by atoms with Gasteiger partial charge in [-0.05, 0) is 63.2 Å². The highest BCUT2D eigenvalue weighted by molar-refractivity contribution is 7.89. The van der Waals surface area contributed by atoms with Crippen molar-refractivity contribution in [3.05, 3.63) is 65.0 Å². The number of rotatable bonds is 8. The number of hydrogen-bond donors (Lipinski definition) is 3. The number of likely N-dealkylation sites (N-methyl/N-ethyl adjacent to an activating group) is 1. The van der Waals surface area contributed by atoms with E-state index in [1.54, 1.807) is 13.0 Å². The fourth-order valence-corrected chi connectivity index (χ4v) is 6.58. The van der Waals surface area contributed by atoms with Gasteiger partial charge in [0.2, 0.25) is 15.9 Å². The molecule has 3 aromatic rings. The molecule has 2 heterocycles. The van der Waals surface area contributed by atoms with Gasteiger partial charge in [-0.25, -0.2) is 13.2 Å². The number of aliphatic hydroxyl groups excluding tert-OH is 1. The summed E-state index contributed by atoms with van der Waals surface area (Å²) in [5.74, 6) is -0.268. The average molecular weight is 668 g/mol. The number of aryl methyl sites for hydroxylation is 2. The van der Waals surface area contributed by atoms with Crippen LogP contribution >= 0.6 is 0 Å². The molecule has 250 valence electrons. The number of aliphatic hydroxyl groups is 1. The van der Waals surface area contributed by atoms with Gasteiger partial charge >= 0.3 is 12.2 Å². The minimum absolute atomic E-state index is 0.0397. The lowest BCUT2D eigenvalue weighted by molar-refractivity contribution is -0.137. The molecule has 1 aliphatic heterocycles. The zero-order valence-corrected chi connectivity index (χ0v) is 26.7. The molecule has 3 amide bonds. The van der Waals surface area contributed by atoms with Gasteiger partial charge in [-0.3, -0.25) is 4.79 Å². The van der Waals surface area contributed by atoms with E-state index in [1.165, 1.54) is 37.9 Å². The average Bonchev–Trinajstić information content (AvgIpc) is 3.34. The first kappa shape index (κ1) is 34.7. The number of anilines is 2. The second-order valence-corrected chi connectivity index (χ2v) is 13.3. The number of ether oxygens (including phenoxy) is 1. The van der Waals surface area contributed by atoms with Crippen LogP contribution in [0.2, 0.25) is 0 Å². The Morgan fingerprint density at radius 2 is 1.78 bits per heavy atom. The number of hydrogen-bond acceptors (Lipinski definition) is 8. The number of fused-ring (bicyclic) bond motifs is 1. The van der Waals surface area contributed by atoms with E-state index in [-0.39, 0.29) is 59.7 Å². The van der Waals surface area contributed by atoms with Gasteiger partial charge in [0.15, 0.2) is 5.76 Å². The standard InChI is InChI=1S/C30H36F3N5O7S/c1-17-14-38(18(2)16-39)27(40)13-21-12-24(35-29(41)34-23-8-6-22(7-9-23)30(31,32)33)10-11-25(21)44-26(17)15-37(5)46(42,43)28-19(3)36-45-20(28)4/h6-12,17-18,26,39H,13-16H2,1-5H3,(H2,34,35,41)/t17-,18+,26-/m0/s1. The van der Waals surface area contributed by atoms with Gasteiger partial charge in [0.1, 0.15) is 22.4 Å². The summed E-state index contributed by atoms with van der Waals surface area (Å²) in [6.45, 7) is 6.31. The third-order valence-corrected chi connectivity index (χ3v) is 9.79. The van der Waals surface area contributed by atoms with E-state index < -0.39 is 45.9 Å². The van der Waals surface area contributed by atoms with Crippen molar-refractivity contribution in [2.75, 3.05) is 37.4 Å². The molecule has 1 aliphatic rings. The van der Waals surface area contributed by atoms with Crippen LogP contribution in [0.25, 0.3) is 0 Å². The first-order chi connectivity index (χ1) is 21.5. The van der Waals surface area contributed by atoms with Crippen molar-refractivity contribution < 1.29 is 45.5 Å². The molecule has 0 saturated carbocycles. The Bertz CT molecular complexity index is 1660. The van der Waals surface area contributed by atoms with Gasteiger partial charge in [0.25, 0.3) is 0 Å². The molecule has 3 atom stereocenters. The van der Waals surface area contributed by atoms with E-state index >= 15 is 0 Å². The predicted molar refractivity (Wildman–Crippen MR) is 162 cm³/mol. The van der Waals surface area contributed by atoms with Gasteiger partial charge in [-0.2, -0.15) is 17.5 Å². The number of nitrogens with zero attached hydrogens (tertiary/aromatic N) is 3. The second-order valence-electron chi connectivity index (χ2n) is 11.3. The number of amides is 3. The lowest BCUT2D eigenvalue weighted by atomic mass is 10.0. The maximum absolute atomic E-state index is 13.5. The third-order valence-electron chi connectivity index (χ3n) is 7.72. The molecular formula is C30H36F3N5O7S. The molecule has 0 aliphatic carbocycles. The van der Waals surface area contributed by atoms with Crippen molar-refractivity contribution in [2.24, 2.45) is 5.92 Å². The molecule has 0 saturated heterocycles. The largest absolute Gasteiger partial charge is 0.488 e. The number of urea groups is 1. The van der Waals surface area contributed by atoms with Crippen molar-refractivity contribution >= 4 is 33.3 Å². The van der Waals surface area contributed by atoms with Crippen molar-refractivity contribution in [3.8, 4) is 5.75 Å². The quantitative estimate of drug-likeness (QED) is 0.319. The van der Waals surface area contributed by atoms with E-state index in [9.17, 15) is 36.3 Å². The third kappa shape index (κ3) is 7.79. The molecule has 16 heteroatoms. The van der Waals surface area contributed by atoms with E-state index in [2.05, 4.69) is 15.8 Å². The summed E-state index contributed by atoms with van der Waals surface area (Å²) in [5, 5.41) is 18.7. The Kier molecular flexibility index (Phi) is 10.3. The highest BCUT2D eigenvalue weighted by Crippen LogP contribution is 2.32. The molecule has 0 radical (unpaired) electrons. The van der Waals surface area contributed by atoms with E-state index in [4.69, 9.17) is 9.26 Å². The van der Waals surface area contributed by atoms with Gasteiger partial charge in [-0.15, -0.1) is 0 Å². The highest BCUT2D eigenvalue weighted by atomic mass is 32.2. The van der Waals surface area contributed by atoms with Crippen LogP contribution in [0.5, 0.6) is 5.75 Å². The van der Waals surface area contributed by atoms with Crippen LogP contribution in [0.1, 0.15) is 36.4 Å². The van der Waals surface area contributed by atoms with Crippen molar-refractivity contribution in [1.29, 1.82) is 0 Å². The van der Waals surface area contributed by atoms with E-state index in [1.807, 2.05) is 6.92 Å². The summed E-state index contributed by atoms with van der Waals surface area (Å²) in [4.78, 5) is 27.6. The zero-order chi connectivity index (χ0) is 34.0. The first-order valence-electron chi connectivity index (χ1n) is 14.4. The molecule has 0 spiro atoms. The first-order valence-corrected chi connectivity index (χ1v) is 15.8. The number of benzene rings is 2. The minimum Gasteiger partial charge on any atom is -0.488 e. The molecular weight excluding hydrogens is 631 g/mol. The summed E-state index contributed by atoms with van der Waals surface area (Å²) < 4.78 is 78.1. The Morgan fingerprint density at radius 1 is 1.15 bits per heavy atom. The normalized spacial score (nSPS) is 18.2. The van der Waals surface area contributed by atoms with Crippen molar-refractivity contribution in [3.63, 3.8) is 0 Å². The molecule has 0 unspecified atom stereocenters. The van der Waals surface area contributed by atoms with Crippen LogP contribution in [0.4, 0.5) is 29.3 Å². The Morgan fingerprint density at radius 3 is 2.37 bits per heavy atom. The fourth-order valence-electron chi connectivity index (χ4n) is 5.11. The topological polar surface area (TPSA) is 154 Å². The van der Waals surface area contributed by atoms with Gasteiger partial charge in [0, 0.05) is 36.4 Å². The fraction of sp³-hybridized carbons (Fsp3) is 0.433. The summed E-state index contributed by atoms with van der Waals surface area (Å²) in [5.41, 5.74) is 0.151. The van der Waals surface area contributed by atoms with Crippen LogP contribution in [0.3, 0.4) is 0 Å². The molecule has 1 aromatic heterocycles. The summed E-state index contributed by atoms with van der Waals surface area (Å²) >= 11 is 0. The SMILES string of the molecule is Cc1noc(C)c1S(=O)(=O)N(C)C[C@@H]1Oc2ccc(NC(=O)Nc3ccc(C(F)(F)F)cc3)cc2CC(=O)N([C@H](C)CO)C[C@@H]1C. The van der Waals surface area contributed by atoms with Crippen LogP contribution in [-0.4, -0.2) is 78.7 Å². The maximum Gasteiger partial charge on any atom is 0.416 e. The van der Waals surface area contributed by atoms with Crippen molar-refractivity contribution in [2.45, 2.75) is 57.3 Å². The van der Waals surface area contributed by atoms with Crippen molar-refractivity contribution in [1.82, 2.24) is 14.4 Å². The number of carbonyl (C=O) groups excluding carboxylic acids is 2. The summed E-state index contributed by atoms with van der Waals surface area (Å²) in [6, 6.07) is 7.26. The Labute approximate surface area is 264 Å². The van der Waals surface area contributed by atoms with E-state index in [0.29, 0.717) is 11.3 Å². The maximum atomic E-state index is 13.5. The van der Waals surface area contributed by atoms with Gasteiger partial charge in [-0.1, -0.05) is 12.1 Å². The number of carbonyl (C=O) groups is 2. The zero-order valence-electron chi connectivity index (χ0n) is 25.9. The molecule has 46 heavy (non-hydrogen) atoms. The van der Waals surface area contributed by atoms with E-state index in [0.717, 1.165) is 28.6 Å². The predicted octanol–water partition coefficient (Wildman–Crippen LogP) is 4.42. The van der Waals surface area contributed by atoms with Crippen LogP contribution < -0.4 is 15.4 Å². The minimum atomic E-state index is -4.51. The number of alkyl halides is 3. The summed E-state index contributed by atoms with van der Waals surface area (Å²) in [6.07, 6.45) is -5.41. The molecule has 3 N–H and O–H groups in total. The number of nitrogens with one attached hydrogen (secondary N) is 2. The molecule has 4 rings (SSSR count). The molecule has 0 fully saturated rings. The van der Waals surface area contributed by atoms with Gasteiger partial charge in [0.05, 0.1) is 31.2 Å². The van der Waals surface area contributed by atoms with Crippen LogP contribution in [0.15, 0.2) is 51.9 Å². The Balaban J connectivity index is 1.60. The summed E-state index contributed by atoms with van der Waals surface area (Å²) in [7, 11) is -2.61. The lowest BCUT2D eigenvalue weighted by Gasteiger charge is -2.33. The monoisotopic (exact) mass is 667 g/mol.